The highest BCUT2D eigenvalue weighted by molar-refractivity contribution is 6.32. The standard InChI is InChI=1S/C23H24ClN3O4/c1-10(2)23(5,16-8-11(3)12(4)31-16)27-19-18(20(28)21(19)29)26-15-7-6-14(24)13-9-25-22(30)17(13)15/h6-8,10,26-27H,9H2,1-5H3,(H,25,30)/t23-/m1/s1. The Balaban J connectivity index is 1.73. The second-order valence-electron chi connectivity index (χ2n) is 8.50. The molecular weight excluding hydrogens is 418 g/mol. The molecule has 4 rings (SSSR count). The molecule has 3 N–H and O–H groups in total. The largest absolute Gasteiger partial charge is 0.464 e. The fraction of sp³-hybridized carbons (Fsp3) is 0.348. The first-order chi connectivity index (χ1) is 14.5. The van der Waals surface area contributed by atoms with Gasteiger partial charge >= 0.3 is 0 Å². The van der Waals surface area contributed by atoms with Gasteiger partial charge in [0, 0.05) is 17.1 Å². The van der Waals surface area contributed by atoms with Crippen LogP contribution < -0.4 is 26.8 Å². The summed E-state index contributed by atoms with van der Waals surface area (Å²) in [5.74, 6) is 1.25. The Morgan fingerprint density at radius 2 is 1.81 bits per heavy atom. The van der Waals surface area contributed by atoms with E-state index in [0.29, 0.717) is 34.1 Å². The van der Waals surface area contributed by atoms with E-state index in [-0.39, 0.29) is 23.2 Å². The van der Waals surface area contributed by atoms with Gasteiger partial charge in [-0.2, -0.15) is 0 Å². The molecule has 0 aliphatic carbocycles. The minimum absolute atomic E-state index is 0.0419. The van der Waals surface area contributed by atoms with E-state index in [1.165, 1.54) is 0 Å². The summed E-state index contributed by atoms with van der Waals surface area (Å²) in [6.07, 6.45) is 0. The lowest BCUT2D eigenvalue weighted by molar-refractivity contribution is 0.0966. The van der Waals surface area contributed by atoms with Crippen molar-refractivity contribution in [3.63, 3.8) is 0 Å². The van der Waals surface area contributed by atoms with E-state index in [1.807, 2.05) is 40.7 Å². The van der Waals surface area contributed by atoms with Crippen molar-refractivity contribution in [1.29, 1.82) is 0 Å². The molecule has 0 bridgehead atoms. The van der Waals surface area contributed by atoms with Gasteiger partial charge in [0.2, 0.25) is 0 Å². The van der Waals surface area contributed by atoms with Crippen LogP contribution in [0.4, 0.5) is 17.1 Å². The van der Waals surface area contributed by atoms with E-state index in [2.05, 4.69) is 16.0 Å². The van der Waals surface area contributed by atoms with Crippen molar-refractivity contribution >= 4 is 34.6 Å². The number of furan rings is 1. The van der Waals surface area contributed by atoms with Crippen LogP contribution in [0.2, 0.25) is 5.02 Å². The molecule has 0 spiro atoms. The smallest absolute Gasteiger partial charge is 0.254 e. The lowest BCUT2D eigenvalue weighted by Gasteiger charge is -2.35. The van der Waals surface area contributed by atoms with E-state index < -0.39 is 16.4 Å². The van der Waals surface area contributed by atoms with Crippen molar-refractivity contribution in [3.8, 4) is 0 Å². The highest BCUT2D eigenvalue weighted by atomic mass is 35.5. The topological polar surface area (TPSA) is 100 Å². The van der Waals surface area contributed by atoms with Gasteiger partial charge in [0.25, 0.3) is 16.8 Å². The molecule has 1 amide bonds. The van der Waals surface area contributed by atoms with Crippen LogP contribution in [0, 0.1) is 19.8 Å². The minimum atomic E-state index is -0.725. The predicted molar refractivity (Wildman–Crippen MR) is 121 cm³/mol. The van der Waals surface area contributed by atoms with Gasteiger partial charge < -0.3 is 20.4 Å². The van der Waals surface area contributed by atoms with Gasteiger partial charge in [0.1, 0.15) is 22.9 Å². The van der Waals surface area contributed by atoms with Crippen molar-refractivity contribution in [3.05, 3.63) is 71.9 Å². The number of fused-ring (bicyclic) bond motifs is 1. The van der Waals surface area contributed by atoms with Gasteiger partial charge in [0.15, 0.2) is 0 Å². The van der Waals surface area contributed by atoms with Crippen LogP contribution in [-0.2, 0) is 12.1 Å². The van der Waals surface area contributed by atoms with Crippen molar-refractivity contribution in [2.75, 3.05) is 10.6 Å². The number of carbonyl (C=O) groups excluding carboxylic acids is 1. The highest BCUT2D eigenvalue weighted by Crippen LogP contribution is 2.38. The van der Waals surface area contributed by atoms with Gasteiger partial charge in [0.05, 0.1) is 16.8 Å². The zero-order valence-electron chi connectivity index (χ0n) is 18.0. The maximum absolute atomic E-state index is 12.5. The first kappa shape index (κ1) is 21.2. The third kappa shape index (κ3) is 3.24. The van der Waals surface area contributed by atoms with E-state index in [1.54, 1.807) is 12.1 Å². The monoisotopic (exact) mass is 441 g/mol. The molecule has 0 radical (unpaired) electrons. The van der Waals surface area contributed by atoms with Gasteiger partial charge in [-0.3, -0.25) is 14.4 Å². The van der Waals surface area contributed by atoms with Crippen molar-refractivity contribution < 1.29 is 9.21 Å². The summed E-state index contributed by atoms with van der Waals surface area (Å²) >= 11 is 6.20. The van der Waals surface area contributed by atoms with Crippen molar-refractivity contribution in [1.82, 2.24) is 5.32 Å². The Labute approximate surface area is 184 Å². The molecule has 1 aliphatic heterocycles. The minimum Gasteiger partial charge on any atom is -0.464 e. The van der Waals surface area contributed by atoms with Crippen LogP contribution in [0.3, 0.4) is 0 Å². The zero-order valence-corrected chi connectivity index (χ0v) is 18.8. The van der Waals surface area contributed by atoms with Gasteiger partial charge in [-0.05, 0) is 50.5 Å². The van der Waals surface area contributed by atoms with Gasteiger partial charge in [-0.1, -0.05) is 25.4 Å². The maximum atomic E-state index is 12.5. The van der Waals surface area contributed by atoms with Crippen LogP contribution in [0.1, 0.15) is 53.8 Å². The molecule has 8 heteroatoms. The van der Waals surface area contributed by atoms with Crippen LogP contribution in [0.25, 0.3) is 0 Å². The average Bonchev–Trinajstić information content (AvgIpc) is 3.29. The van der Waals surface area contributed by atoms with Crippen LogP contribution in [0.15, 0.2) is 32.2 Å². The summed E-state index contributed by atoms with van der Waals surface area (Å²) < 4.78 is 5.94. The fourth-order valence-corrected chi connectivity index (χ4v) is 3.98. The molecule has 3 aromatic rings. The SMILES string of the molecule is Cc1cc([C@](C)(Nc2c(Nc3ccc(Cl)c4c3C(=O)NC4)c(=O)c2=O)C(C)C)oc1C. The molecule has 1 atom stereocenters. The maximum Gasteiger partial charge on any atom is 0.254 e. The lowest BCUT2D eigenvalue weighted by Crippen LogP contribution is -2.44. The summed E-state index contributed by atoms with van der Waals surface area (Å²) in [6, 6.07) is 5.24. The molecule has 1 aromatic heterocycles. The summed E-state index contributed by atoms with van der Waals surface area (Å²) in [4.78, 5) is 37.2. The summed E-state index contributed by atoms with van der Waals surface area (Å²) in [7, 11) is 0. The predicted octanol–water partition coefficient (Wildman–Crippen LogP) is 4.12. The van der Waals surface area contributed by atoms with E-state index in [0.717, 1.165) is 11.3 Å². The molecule has 2 aromatic carbocycles. The normalized spacial score (nSPS) is 15.1. The Bertz CT molecular complexity index is 1260. The number of rotatable bonds is 6. The number of amides is 1. The number of hydrogen-bond acceptors (Lipinski definition) is 6. The highest BCUT2D eigenvalue weighted by Gasteiger charge is 2.38. The Morgan fingerprint density at radius 1 is 1.13 bits per heavy atom. The number of carbonyl (C=O) groups is 1. The summed E-state index contributed by atoms with van der Waals surface area (Å²) in [6.45, 7) is 10.1. The molecule has 0 fully saturated rings. The molecule has 0 saturated heterocycles. The molecule has 0 unspecified atom stereocenters. The third-order valence-corrected chi connectivity index (χ3v) is 6.65. The van der Waals surface area contributed by atoms with Crippen molar-refractivity contribution in [2.24, 2.45) is 5.92 Å². The Morgan fingerprint density at radius 3 is 2.42 bits per heavy atom. The molecule has 31 heavy (non-hydrogen) atoms. The first-order valence-electron chi connectivity index (χ1n) is 10.1. The third-order valence-electron chi connectivity index (χ3n) is 6.30. The zero-order chi connectivity index (χ0) is 22.7. The number of hydrogen-bond donors (Lipinski definition) is 3. The fourth-order valence-electron chi connectivity index (χ4n) is 3.76. The molecule has 1 aliphatic rings. The Hall–Kier alpha value is -3.06. The van der Waals surface area contributed by atoms with Crippen molar-refractivity contribution in [2.45, 2.75) is 46.7 Å². The van der Waals surface area contributed by atoms with E-state index in [9.17, 15) is 14.4 Å². The molecular formula is C23H24ClN3O4. The van der Waals surface area contributed by atoms with E-state index in [4.69, 9.17) is 16.0 Å². The number of nitrogens with one attached hydrogen (secondary N) is 3. The van der Waals surface area contributed by atoms with Crippen LogP contribution in [0.5, 0.6) is 0 Å². The van der Waals surface area contributed by atoms with Gasteiger partial charge in [-0.15, -0.1) is 0 Å². The number of benzene rings is 1. The van der Waals surface area contributed by atoms with E-state index >= 15 is 0 Å². The second-order valence-corrected chi connectivity index (χ2v) is 8.90. The van der Waals surface area contributed by atoms with Gasteiger partial charge in [-0.25, -0.2) is 0 Å². The molecule has 7 nitrogen and oxygen atoms in total. The lowest BCUT2D eigenvalue weighted by atomic mass is 9.85. The summed E-state index contributed by atoms with van der Waals surface area (Å²) in [5, 5.41) is 9.45. The second kappa shape index (κ2) is 7.27. The molecule has 162 valence electrons. The summed E-state index contributed by atoms with van der Waals surface area (Å²) in [5.41, 5.74) is 0.823. The average molecular weight is 442 g/mol. The van der Waals surface area contributed by atoms with Crippen LogP contribution in [-0.4, -0.2) is 5.91 Å². The molecule has 2 heterocycles. The van der Waals surface area contributed by atoms with Crippen LogP contribution >= 0.6 is 11.6 Å². The Kier molecular flexibility index (Phi) is 4.97. The molecule has 0 saturated carbocycles. The number of halogens is 1. The number of aryl methyl sites for hydroxylation is 2. The first-order valence-corrected chi connectivity index (χ1v) is 10.5. The number of anilines is 3. The quantitative estimate of drug-likeness (QED) is 0.497.